The first kappa shape index (κ1) is 10.3. The summed E-state index contributed by atoms with van der Waals surface area (Å²) in [4.78, 5) is 24.7. The third kappa shape index (κ3) is 0.943. The quantitative estimate of drug-likeness (QED) is 0.502. The molecule has 0 bridgehead atoms. The number of ketones is 1. The zero-order valence-corrected chi connectivity index (χ0v) is 9.37. The van der Waals surface area contributed by atoms with Gasteiger partial charge in [0.05, 0.1) is 0 Å². The molecular weight excluding hydrogens is 206 g/mol. The number of hydrogen-bond acceptors (Lipinski definition) is 3. The lowest BCUT2D eigenvalue weighted by atomic mass is 9.77. The Hall–Kier alpha value is -0.900. The Balaban J connectivity index is 2.06. The topological polar surface area (TPSA) is 57.6 Å². The molecule has 0 unspecified atom stereocenters. The van der Waals surface area contributed by atoms with Gasteiger partial charge in [-0.1, -0.05) is 25.7 Å². The van der Waals surface area contributed by atoms with Crippen LogP contribution in [0.1, 0.15) is 51.4 Å². The van der Waals surface area contributed by atoms with Crippen molar-refractivity contribution in [2.24, 2.45) is 5.41 Å². The predicted molar refractivity (Wildman–Crippen MR) is 55.7 cm³/mol. The Morgan fingerprint density at radius 1 is 0.938 bits per heavy atom. The minimum absolute atomic E-state index is 0.0162. The highest BCUT2D eigenvalue weighted by molar-refractivity contribution is 6.16. The maximum absolute atomic E-state index is 12.6. The van der Waals surface area contributed by atoms with Crippen LogP contribution in [0.3, 0.4) is 0 Å². The summed E-state index contributed by atoms with van der Waals surface area (Å²) >= 11 is 0. The maximum Gasteiger partial charge on any atom is 0.260 e. The van der Waals surface area contributed by atoms with Gasteiger partial charge in [0.2, 0.25) is 0 Å². The van der Waals surface area contributed by atoms with E-state index in [1.165, 1.54) is 0 Å². The molecule has 0 aromatic heterocycles. The van der Waals surface area contributed by atoms with Gasteiger partial charge < -0.3 is 0 Å². The zero-order valence-electron chi connectivity index (χ0n) is 9.37. The van der Waals surface area contributed by atoms with Crippen LogP contribution in [0.4, 0.5) is 0 Å². The summed E-state index contributed by atoms with van der Waals surface area (Å²) < 4.78 is 0. The molecule has 2 saturated carbocycles. The standard InChI is InChI=1S/C12H17NO3/c14-9-11(5-1-2-6-11)10(15)13(16)12(9)7-3-4-8-12/h16H,1-8H2. The summed E-state index contributed by atoms with van der Waals surface area (Å²) in [5.41, 5.74) is -1.69. The largest absolute Gasteiger partial charge is 0.296 e. The lowest BCUT2D eigenvalue weighted by molar-refractivity contribution is -0.184. The van der Waals surface area contributed by atoms with E-state index in [9.17, 15) is 14.8 Å². The number of rotatable bonds is 0. The van der Waals surface area contributed by atoms with Crippen molar-refractivity contribution >= 4 is 11.7 Å². The molecule has 0 radical (unpaired) electrons. The fourth-order valence-electron chi connectivity index (χ4n) is 3.85. The van der Waals surface area contributed by atoms with Crippen molar-refractivity contribution in [3.05, 3.63) is 0 Å². The first-order valence-electron chi connectivity index (χ1n) is 6.22. The van der Waals surface area contributed by atoms with E-state index >= 15 is 0 Å². The zero-order chi connectivity index (χ0) is 11.4. The SMILES string of the molecule is O=C1N(O)C2(CCCC2)C(=O)C12CCCC2. The van der Waals surface area contributed by atoms with Gasteiger partial charge in [-0.25, -0.2) is 5.06 Å². The first-order valence-corrected chi connectivity index (χ1v) is 6.22. The van der Waals surface area contributed by atoms with Crippen LogP contribution in [-0.2, 0) is 9.59 Å². The Labute approximate surface area is 94.6 Å². The van der Waals surface area contributed by atoms with Crippen LogP contribution < -0.4 is 0 Å². The lowest BCUT2D eigenvalue weighted by Crippen LogP contribution is -2.45. The molecule has 4 heteroatoms. The second-order valence-electron chi connectivity index (χ2n) is 5.47. The van der Waals surface area contributed by atoms with Gasteiger partial charge in [0.1, 0.15) is 11.0 Å². The number of nitrogens with zero attached hydrogens (tertiary/aromatic N) is 1. The van der Waals surface area contributed by atoms with Crippen LogP contribution in [0, 0.1) is 5.41 Å². The van der Waals surface area contributed by atoms with Crippen LogP contribution in [0.2, 0.25) is 0 Å². The van der Waals surface area contributed by atoms with Gasteiger partial charge in [-0.05, 0) is 25.7 Å². The van der Waals surface area contributed by atoms with Crippen LogP contribution in [0.25, 0.3) is 0 Å². The molecule has 88 valence electrons. The summed E-state index contributed by atoms with van der Waals surface area (Å²) in [5, 5.41) is 10.8. The highest BCUT2D eigenvalue weighted by Crippen LogP contribution is 2.53. The minimum atomic E-state index is -0.848. The Morgan fingerprint density at radius 3 is 2.00 bits per heavy atom. The van der Waals surface area contributed by atoms with Gasteiger partial charge in [0, 0.05) is 0 Å². The third-order valence-electron chi connectivity index (χ3n) is 4.75. The highest BCUT2D eigenvalue weighted by Gasteiger charge is 2.67. The van der Waals surface area contributed by atoms with E-state index in [0.717, 1.165) is 30.7 Å². The van der Waals surface area contributed by atoms with E-state index in [1.807, 2.05) is 0 Å². The second kappa shape index (κ2) is 3.06. The van der Waals surface area contributed by atoms with E-state index in [4.69, 9.17) is 0 Å². The second-order valence-corrected chi connectivity index (χ2v) is 5.47. The van der Waals surface area contributed by atoms with Crippen LogP contribution in [-0.4, -0.2) is 27.5 Å². The smallest absolute Gasteiger partial charge is 0.260 e. The molecule has 4 nitrogen and oxygen atoms in total. The molecule has 3 fully saturated rings. The maximum atomic E-state index is 12.6. The molecule has 3 rings (SSSR count). The molecule has 1 N–H and O–H groups in total. The molecule has 2 aliphatic carbocycles. The van der Waals surface area contributed by atoms with Gasteiger partial charge >= 0.3 is 0 Å². The predicted octanol–water partition coefficient (Wildman–Crippen LogP) is 1.66. The summed E-state index contributed by atoms with van der Waals surface area (Å²) in [6.07, 6.45) is 6.32. The molecular formula is C12H17NO3. The Kier molecular flexibility index (Phi) is 1.97. The fourth-order valence-corrected chi connectivity index (χ4v) is 3.85. The van der Waals surface area contributed by atoms with E-state index < -0.39 is 11.0 Å². The summed E-state index contributed by atoms with van der Waals surface area (Å²) in [6, 6.07) is 0. The van der Waals surface area contributed by atoms with Crippen molar-refractivity contribution in [3.63, 3.8) is 0 Å². The van der Waals surface area contributed by atoms with Crippen molar-refractivity contribution in [1.82, 2.24) is 5.06 Å². The van der Waals surface area contributed by atoms with Gasteiger partial charge in [0.25, 0.3) is 5.91 Å². The number of hydrogen-bond donors (Lipinski definition) is 1. The van der Waals surface area contributed by atoms with Gasteiger partial charge in [-0.2, -0.15) is 0 Å². The molecule has 1 aliphatic heterocycles. The minimum Gasteiger partial charge on any atom is -0.296 e. The average Bonchev–Trinajstić information content (AvgIpc) is 2.98. The highest BCUT2D eigenvalue weighted by atomic mass is 16.5. The molecule has 1 saturated heterocycles. The number of carbonyl (C=O) groups is 2. The fraction of sp³-hybridized carbons (Fsp3) is 0.833. The van der Waals surface area contributed by atoms with Crippen molar-refractivity contribution in [2.75, 3.05) is 0 Å². The van der Waals surface area contributed by atoms with Gasteiger partial charge in [-0.3, -0.25) is 14.8 Å². The number of carbonyl (C=O) groups excluding carboxylic acids is 2. The van der Waals surface area contributed by atoms with E-state index in [2.05, 4.69) is 0 Å². The lowest BCUT2D eigenvalue weighted by Gasteiger charge is -2.27. The molecule has 0 atom stereocenters. The summed E-state index contributed by atoms with van der Waals surface area (Å²) in [5.74, 6) is -0.306. The molecule has 1 amide bonds. The van der Waals surface area contributed by atoms with Crippen LogP contribution in [0.15, 0.2) is 0 Å². The van der Waals surface area contributed by atoms with Crippen molar-refractivity contribution in [3.8, 4) is 0 Å². The molecule has 0 aromatic rings. The van der Waals surface area contributed by atoms with E-state index in [0.29, 0.717) is 25.7 Å². The molecule has 3 aliphatic rings. The monoisotopic (exact) mass is 223 g/mol. The number of hydroxylamine groups is 2. The van der Waals surface area contributed by atoms with E-state index in [1.54, 1.807) is 0 Å². The normalized spacial score (nSPS) is 31.2. The Morgan fingerprint density at radius 2 is 1.44 bits per heavy atom. The van der Waals surface area contributed by atoms with Crippen LogP contribution in [0.5, 0.6) is 0 Å². The van der Waals surface area contributed by atoms with E-state index in [-0.39, 0.29) is 11.7 Å². The molecule has 0 aromatic carbocycles. The third-order valence-corrected chi connectivity index (χ3v) is 4.75. The molecule has 1 heterocycles. The average molecular weight is 223 g/mol. The van der Waals surface area contributed by atoms with Crippen molar-refractivity contribution in [2.45, 2.75) is 56.9 Å². The van der Waals surface area contributed by atoms with Gasteiger partial charge in [-0.15, -0.1) is 0 Å². The first-order chi connectivity index (χ1) is 7.63. The van der Waals surface area contributed by atoms with Crippen molar-refractivity contribution in [1.29, 1.82) is 0 Å². The summed E-state index contributed by atoms with van der Waals surface area (Å²) in [6.45, 7) is 0. The molecule has 2 spiro atoms. The van der Waals surface area contributed by atoms with Crippen molar-refractivity contribution < 1.29 is 14.8 Å². The number of amides is 1. The van der Waals surface area contributed by atoms with Gasteiger partial charge in [0.15, 0.2) is 5.78 Å². The number of Topliss-reactive ketones (excluding diaryl/α,β-unsaturated/α-hetero) is 1. The summed E-state index contributed by atoms with van der Waals surface area (Å²) in [7, 11) is 0. The van der Waals surface area contributed by atoms with Crippen LogP contribution >= 0.6 is 0 Å². The Bertz CT molecular complexity index is 351. The molecule has 16 heavy (non-hydrogen) atoms.